The number of anilines is 1. The predicted octanol–water partition coefficient (Wildman–Crippen LogP) is 6.25. The Kier molecular flexibility index (Phi) is 6.72. The van der Waals surface area contributed by atoms with Crippen LogP contribution in [0.4, 0.5) is 18.9 Å². The lowest BCUT2D eigenvalue weighted by Gasteiger charge is -2.62. The number of fused-ring (bicyclic) bond motifs is 5. The maximum absolute atomic E-state index is 13.7. The molecule has 0 aromatic heterocycles. The summed E-state index contributed by atoms with van der Waals surface area (Å²) >= 11 is 0. The van der Waals surface area contributed by atoms with E-state index in [1.54, 1.807) is 7.11 Å². The van der Waals surface area contributed by atoms with Gasteiger partial charge in [0.15, 0.2) is 11.4 Å². The van der Waals surface area contributed by atoms with Crippen LogP contribution >= 0.6 is 0 Å². The lowest BCUT2D eigenvalue weighted by atomic mass is 9.43. The van der Waals surface area contributed by atoms with E-state index in [0.29, 0.717) is 43.7 Å². The van der Waals surface area contributed by atoms with Crippen LogP contribution in [0.5, 0.6) is 0 Å². The number of hydrogen-bond acceptors (Lipinski definition) is 4. The van der Waals surface area contributed by atoms with Gasteiger partial charge < -0.3 is 15.2 Å². The van der Waals surface area contributed by atoms with Gasteiger partial charge >= 0.3 is 6.18 Å². The second-order valence-electron chi connectivity index (χ2n) is 12.4. The Labute approximate surface area is 212 Å². The van der Waals surface area contributed by atoms with Crippen molar-refractivity contribution in [1.82, 2.24) is 0 Å². The SMILES string of the molecule is COC[C@]12CC[C@](O)(C(F)(F)F)C[C@H]1CC[C@H]1[C@@H]3CC[C@H](C(=O)CNc4ccccc4)[C@@]3(C)CC[C@@H]12. The van der Waals surface area contributed by atoms with Crippen LogP contribution < -0.4 is 5.32 Å². The summed E-state index contributed by atoms with van der Waals surface area (Å²) in [5.74, 6) is 1.24. The van der Waals surface area contributed by atoms with Crippen molar-refractivity contribution in [3.8, 4) is 0 Å². The first-order chi connectivity index (χ1) is 17.0. The van der Waals surface area contributed by atoms with Gasteiger partial charge in [0.1, 0.15) is 0 Å². The number of ketones is 1. The van der Waals surface area contributed by atoms with Crippen LogP contribution in [-0.2, 0) is 9.53 Å². The highest BCUT2D eigenvalue weighted by molar-refractivity contribution is 5.86. The average Bonchev–Trinajstić information content (AvgIpc) is 3.20. The molecule has 5 rings (SSSR count). The van der Waals surface area contributed by atoms with Crippen molar-refractivity contribution in [1.29, 1.82) is 0 Å². The van der Waals surface area contributed by atoms with Crippen molar-refractivity contribution in [3.05, 3.63) is 30.3 Å². The lowest BCUT2D eigenvalue weighted by Crippen LogP contribution is -2.61. The zero-order valence-electron chi connectivity index (χ0n) is 21.4. The number of carbonyl (C=O) groups excluding carboxylic acids is 1. The largest absolute Gasteiger partial charge is 0.417 e. The molecule has 0 aliphatic heterocycles. The number of nitrogens with one attached hydrogen (secondary N) is 1. The number of rotatable bonds is 6. The Morgan fingerprint density at radius 1 is 1.06 bits per heavy atom. The number of methoxy groups -OCH3 is 1. The zero-order chi connectivity index (χ0) is 25.8. The molecule has 0 saturated heterocycles. The van der Waals surface area contributed by atoms with E-state index in [0.717, 1.165) is 37.8 Å². The summed E-state index contributed by atoms with van der Waals surface area (Å²) in [4.78, 5) is 13.4. The lowest BCUT2D eigenvalue weighted by molar-refractivity contribution is -0.294. The third-order valence-electron chi connectivity index (χ3n) is 11.0. The van der Waals surface area contributed by atoms with E-state index in [1.165, 1.54) is 0 Å². The smallest absolute Gasteiger partial charge is 0.384 e. The van der Waals surface area contributed by atoms with Gasteiger partial charge in [0.05, 0.1) is 13.2 Å². The van der Waals surface area contributed by atoms with Gasteiger partial charge in [-0.05, 0) is 104 Å². The molecule has 4 aliphatic rings. The molecule has 1 aromatic rings. The highest BCUT2D eigenvalue weighted by Gasteiger charge is 2.66. The fourth-order valence-corrected chi connectivity index (χ4v) is 9.25. The molecule has 0 radical (unpaired) electrons. The number of para-hydroxylation sites is 1. The number of carbonyl (C=O) groups is 1. The van der Waals surface area contributed by atoms with Crippen LogP contribution in [0.3, 0.4) is 0 Å². The number of alkyl halides is 3. The van der Waals surface area contributed by atoms with Gasteiger partial charge in [0, 0.05) is 18.7 Å². The Morgan fingerprint density at radius 3 is 2.50 bits per heavy atom. The van der Waals surface area contributed by atoms with Gasteiger partial charge in [0.25, 0.3) is 0 Å². The summed E-state index contributed by atoms with van der Waals surface area (Å²) in [7, 11) is 1.65. The second-order valence-corrected chi connectivity index (χ2v) is 12.4. The summed E-state index contributed by atoms with van der Waals surface area (Å²) in [6, 6.07) is 9.79. The third kappa shape index (κ3) is 4.09. The standard InChI is InChI=1S/C29H40F3NO3/c1-26-13-12-23-21(22(26)10-11-24(26)25(34)17-33-20-6-4-3-5-7-20)9-8-19-16-28(35,29(30,31)32)15-14-27(19,23)18-36-2/h3-7,19,21-24,33,35H,8-18H2,1-2H3/t19-,21+,22+,23+,24-,26+,27-,28-/m1/s1. The topological polar surface area (TPSA) is 58.6 Å². The normalized spacial score (nSPS) is 42.2. The number of halogens is 3. The maximum atomic E-state index is 13.7. The van der Waals surface area contributed by atoms with Gasteiger partial charge in [0.2, 0.25) is 0 Å². The molecule has 4 fully saturated rings. The molecule has 4 nitrogen and oxygen atoms in total. The molecular weight excluding hydrogens is 467 g/mol. The van der Waals surface area contributed by atoms with Gasteiger partial charge in [-0.3, -0.25) is 4.79 Å². The quantitative estimate of drug-likeness (QED) is 0.478. The molecule has 2 N–H and O–H groups in total. The van der Waals surface area contributed by atoms with E-state index in [-0.39, 0.29) is 41.3 Å². The van der Waals surface area contributed by atoms with Gasteiger partial charge in [-0.1, -0.05) is 25.1 Å². The minimum absolute atomic E-state index is 0.0254. The fraction of sp³-hybridized carbons (Fsp3) is 0.759. The molecule has 36 heavy (non-hydrogen) atoms. The monoisotopic (exact) mass is 507 g/mol. The van der Waals surface area contributed by atoms with Gasteiger partial charge in [-0.25, -0.2) is 0 Å². The Balaban J connectivity index is 1.33. The van der Waals surface area contributed by atoms with Crippen molar-refractivity contribution >= 4 is 11.5 Å². The molecule has 0 spiro atoms. The third-order valence-corrected chi connectivity index (χ3v) is 11.0. The molecule has 8 atom stereocenters. The van der Waals surface area contributed by atoms with Crippen molar-refractivity contribution in [2.24, 2.45) is 40.4 Å². The Hall–Kier alpha value is -1.60. The summed E-state index contributed by atoms with van der Waals surface area (Å²) in [5.41, 5.74) is -2.00. The number of benzene rings is 1. The van der Waals surface area contributed by atoms with Crippen LogP contribution in [0.15, 0.2) is 30.3 Å². The van der Waals surface area contributed by atoms with Crippen molar-refractivity contribution in [2.75, 3.05) is 25.6 Å². The average molecular weight is 508 g/mol. The van der Waals surface area contributed by atoms with E-state index in [1.807, 2.05) is 30.3 Å². The summed E-state index contributed by atoms with van der Waals surface area (Å²) in [6.45, 7) is 3.08. The highest BCUT2D eigenvalue weighted by Crippen LogP contribution is 2.68. The van der Waals surface area contributed by atoms with E-state index >= 15 is 0 Å². The van der Waals surface area contributed by atoms with Crippen LogP contribution in [-0.4, -0.2) is 42.9 Å². The summed E-state index contributed by atoms with van der Waals surface area (Å²) in [5, 5.41) is 13.8. The predicted molar refractivity (Wildman–Crippen MR) is 132 cm³/mol. The minimum atomic E-state index is -4.60. The zero-order valence-corrected chi connectivity index (χ0v) is 21.4. The molecule has 0 bridgehead atoms. The Morgan fingerprint density at radius 2 is 1.81 bits per heavy atom. The first-order valence-corrected chi connectivity index (χ1v) is 13.6. The molecular formula is C29H40F3NO3. The molecule has 7 heteroatoms. The fourth-order valence-electron chi connectivity index (χ4n) is 9.25. The molecule has 0 amide bonds. The number of Topliss-reactive ketones (excluding diaryl/α,β-unsaturated/α-hetero) is 1. The van der Waals surface area contributed by atoms with E-state index in [9.17, 15) is 23.1 Å². The number of ether oxygens (including phenoxy) is 1. The number of hydrogen-bond donors (Lipinski definition) is 2. The molecule has 0 heterocycles. The maximum Gasteiger partial charge on any atom is 0.417 e. The van der Waals surface area contributed by atoms with Crippen LogP contribution in [0.1, 0.15) is 64.7 Å². The van der Waals surface area contributed by atoms with E-state index in [2.05, 4.69) is 12.2 Å². The Bertz CT molecular complexity index is 955. The minimum Gasteiger partial charge on any atom is -0.384 e. The molecule has 200 valence electrons. The molecule has 1 aromatic carbocycles. The molecule has 0 unspecified atom stereocenters. The van der Waals surface area contributed by atoms with Crippen molar-refractivity contribution in [3.63, 3.8) is 0 Å². The molecule has 4 saturated carbocycles. The van der Waals surface area contributed by atoms with Crippen molar-refractivity contribution in [2.45, 2.75) is 76.5 Å². The van der Waals surface area contributed by atoms with E-state index in [4.69, 9.17) is 4.74 Å². The molecule has 4 aliphatic carbocycles. The van der Waals surface area contributed by atoms with Crippen LogP contribution in [0.25, 0.3) is 0 Å². The van der Waals surface area contributed by atoms with Gasteiger partial charge in [-0.2, -0.15) is 13.2 Å². The summed E-state index contributed by atoms with van der Waals surface area (Å²) < 4.78 is 46.9. The highest BCUT2D eigenvalue weighted by atomic mass is 19.4. The van der Waals surface area contributed by atoms with Crippen LogP contribution in [0.2, 0.25) is 0 Å². The van der Waals surface area contributed by atoms with Gasteiger partial charge in [-0.15, -0.1) is 0 Å². The second kappa shape index (κ2) is 9.30. The van der Waals surface area contributed by atoms with Crippen LogP contribution in [0, 0.1) is 40.4 Å². The van der Waals surface area contributed by atoms with Crippen molar-refractivity contribution < 1.29 is 27.8 Å². The summed E-state index contributed by atoms with van der Waals surface area (Å²) in [6.07, 6.45) is 0.664. The van der Waals surface area contributed by atoms with E-state index < -0.39 is 11.8 Å². The first-order valence-electron chi connectivity index (χ1n) is 13.6. The number of aliphatic hydroxyl groups is 1. The first kappa shape index (κ1) is 26.0.